The Labute approximate surface area is 172 Å². The first-order chi connectivity index (χ1) is 13.8. The second kappa shape index (κ2) is 9.09. The Morgan fingerprint density at radius 1 is 1.31 bits per heavy atom. The highest BCUT2D eigenvalue weighted by atomic mass is 32.2. The van der Waals surface area contributed by atoms with Gasteiger partial charge in [-0.2, -0.15) is 4.31 Å². The molecule has 2 aromatic rings. The summed E-state index contributed by atoms with van der Waals surface area (Å²) < 4.78 is 32.5. The number of carbonyl (C=O) groups excluding carboxylic acids is 1. The van der Waals surface area contributed by atoms with Crippen LogP contribution in [-0.4, -0.2) is 43.4 Å². The maximum Gasteiger partial charge on any atom is 0.248 e. The Hall–Kier alpha value is -2.19. The van der Waals surface area contributed by atoms with E-state index >= 15 is 0 Å². The number of sulfonamides is 1. The number of hydrogen-bond donors (Lipinski definition) is 1. The molecule has 0 aliphatic carbocycles. The van der Waals surface area contributed by atoms with Crippen LogP contribution in [0.3, 0.4) is 0 Å². The fourth-order valence-electron chi connectivity index (χ4n) is 3.94. The monoisotopic (exact) mass is 419 g/mol. The standard InChI is InChI=1S/C21H29N3O4S/c1-4-17(18-9-6-5-7-10-18)13-22-21(25)19-11-8-12-24(14-19)29(26,27)20-15(2)23-28-16(20)3/h5-7,9-10,17,19H,4,8,11-14H2,1-3H3,(H,22,25)/t17-,19-/m1/s1. The van der Waals surface area contributed by atoms with Crippen LogP contribution in [-0.2, 0) is 14.8 Å². The molecule has 0 radical (unpaired) electrons. The molecule has 3 rings (SSSR count). The van der Waals surface area contributed by atoms with E-state index in [-0.39, 0.29) is 34.9 Å². The molecule has 1 aromatic carbocycles. The van der Waals surface area contributed by atoms with Crippen LogP contribution in [0.4, 0.5) is 0 Å². The van der Waals surface area contributed by atoms with Crippen LogP contribution in [0.25, 0.3) is 0 Å². The van der Waals surface area contributed by atoms with Crippen molar-refractivity contribution >= 4 is 15.9 Å². The Morgan fingerprint density at radius 2 is 2.03 bits per heavy atom. The molecule has 7 nitrogen and oxygen atoms in total. The van der Waals surface area contributed by atoms with Gasteiger partial charge in [-0.15, -0.1) is 0 Å². The van der Waals surface area contributed by atoms with Gasteiger partial charge < -0.3 is 9.84 Å². The molecule has 0 bridgehead atoms. The maximum absolute atomic E-state index is 13.0. The quantitative estimate of drug-likeness (QED) is 0.745. The zero-order valence-corrected chi connectivity index (χ0v) is 18.0. The summed E-state index contributed by atoms with van der Waals surface area (Å²) in [5.41, 5.74) is 1.55. The average molecular weight is 420 g/mol. The summed E-state index contributed by atoms with van der Waals surface area (Å²) in [6, 6.07) is 10.1. The first-order valence-corrected chi connectivity index (χ1v) is 11.5. The van der Waals surface area contributed by atoms with E-state index in [1.165, 1.54) is 9.87 Å². The zero-order valence-electron chi connectivity index (χ0n) is 17.2. The molecule has 1 fully saturated rings. The molecule has 0 saturated carbocycles. The van der Waals surface area contributed by atoms with Crippen molar-refractivity contribution in [2.45, 2.75) is 50.8 Å². The summed E-state index contributed by atoms with van der Waals surface area (Å²) in [7, 11) is -3.73. The van der Waals surface area contributed by atoms with Crippen molar-refractivity contribution in [2.75, 3.05) is 19.6 Å². The van der Waals surface area contributed by atoms with Crippen LogP contribution in [0.2, 0.25) is 0 Å². The molecule has 1 aliphatic heterocycles. The molecule has 1 amide bonds. The number of benzene rings is 1. The van der Waals surface area contributed by atoms with E-state index in [0.29, 0.717) is 31.6 Å². The molecule has 0 unspecified atom stereocenters. The van der Waals surface area contributed by atoms with Crippen LogP contribution in [0.15, 0.2) is 39.8 Å². The number of piperidine rings is 1. The van der Waals surface area contributed by atoms with E-state index in [1.807, 2.05) is 18.2 Å². The number of amides is 1. The number of aromatic nitrogens is 1. The minimum absolute atomic E-state index is 0.0851. The van der Waals surface area contributed by atoms with Gasteiger partial charge in [-0.25, -0.2) is 8.42 Å². The molecule has 1 aliphatic rings. The topological polar surface area (TPSA) is 92.5 Å². The fourth-order valence-corrected chi connectivity index (χ4v) is 5.75. The normalized spacial score (nSPS) is 19.1. The van der Waals surface area contributed by atoms with Crippen molar-refractivity contribution in [2.24, 2.45) is 5.92 Å². The number of carbonyl (C=O) groups is 1. The minimum atomic E-state index is -3.73. The van der Waals surface area contributed by atoms with Crippen LogP contribution < -0.4 is 5.32 Å². The number of nitrogens with one attached hydrogen (secondary N) is 1. The molecule has 2 heterocycles. The van der Waals surface area contributed by atoms with E-state index < -0.39 is 10.0 Å². The number of rotatable bonds is 7. The van der Waals surface area contributed by atoms with E-state index in [9.17, 15) is 13.2 Å². The number of nitrogens with zero attached hydrogens (tertiary/aromatic N) is 2. The Bertz CT molecular complexity index is 921. The summed E-state index contributed by atoms with van der Waals surface area (Å²) >= 11 is 0. The minimum Gasteiger partial charge on any atom is -0.360 e. The summed E-state index contributed by atoms with van der Waals surface area (Å²) in [6.07, 6.45) is 2.25. The van der Waals surface area contributed by atoms with E-state index in [2.05, 4.69) is 29.5 Å². The third kappa shape index (κ3) is 4.70. The van der Waals surface area contributed by atoms with Gasteiger partial charge in [0.1, 0.15) is 10.6 Å². The number of hydrogen-bond acceptors (Lipinski definition) is 5. The van der Waals surface area contributed by atoms with Gasteiger partial charge in [-0.05, 0) is 38.7 Å². The van der Waals surface area contributed by atoms with Crippen molar-refractivity contribution in [1.29, 1.82) is 0 Å². The molecule has 8 heteroatoms. The van der Waals surface area contributed by atoms with Crippen molar-refractivity contribution in [3.05, 3.63) is 47.3 Å². The van der Waals surface area contributed by atoms with Gasteiger partial charge in [0.25, 0.3) is 0 Å². The van der Waals surface area contributed by atoms with Crippen molar-refractivity contribution in [3.63, 3.8) is 0 Å². The van der Waals surface area contributed by atoms with Gasteiger partial charge in [0.05, 0.1) is 5.92 Å². The fraction of sp³-hybridized carbons (Fsp3) is 0.524. The summed E-state index contributed by atoms with van der Waals surface area (Å²) in [6.45, 7) is 6.44. The van der Waals surface area contributed by atoms with Crippen LogP contribution in [0, 0.1) is 19.8 Å². The molecule has 1 N–H and O–H groups in total. The third-order valence-electron chi connectivity index (χ3n) is 5.61. The predicted octanol–water partition coefficient (Wildman–Crippen LogP) is 3.00. The molecule has 2 atom stereocenters. The van der Waals surface area contributed by atoms with Gasteiger partial charge in [0, 0.05) is 25.6 Å². The lowest BCUT2D eigenvalue weighted by atomic mass is 9.95. The third-order valence-corrected chi connectivity index (χ3v) is 7.72. The second-order valence-corrected chi connectivity index (χ2v) is 9.49. The van der Waals surface area contributed by atoms with Crippen molar-refractivity contribution in [3.8, 4) is 0 Å². The van der Waals surface area contributed by atoms with Gasteiger partial charge in [-0.1, -0.05) is 42.4 Å². The highest BCUT2D eigenvalue weighted by Crippen LogP contribution is 2.28. The van der Waals surface area contributed by atoms with E-state index in [0.717, 1.165) is 6.42 Å². The zero-order chi connectivity index (χ0) is 21.0. The highest BCUT2D eigenvalue weighted by molar-refractivity contribution is 7.89. The smallest absolute Gasteiger partial charge is 0.248 e. The van der Waals surface area contributed by atoms with Gasteiger partial charge in [0.15, 0.2) is 5.76 Å². The largest absolute Gasteiger partial charge is 0.360 e. The van der Waals surface area contributed by atoms with Gasteiger partial charge >= 0.3 is 0 Å². The summed E-state index contributed by atoms with van der Waals surface area (Å²) in [5.74, 6) is 0.0823. The van der Waals surface area contributed by atoms with Crippen LogP contribution in [0.5, 0.6) is 0 Å². The first-order valence-electron chi connectivity index (χ1n) is 10.1. The Morgan fingerprint density at radius 3 is 2.66 bits per heavy atom. The molecular weight excluding hydrogens is 390 g/mol. The van der Waals surface area contributed by atoms with Gasteiger partial charge in [-0.3, -0.25) is 4.79 Å². The summed E-state index contributed by atoms with van der Waals surface area (Å²) in [4.78, 5) is 12.9. The Balaban J connectivity index is 1.65. The Kier molecular flexibility index (Phi) is 6.74. The highest BCUT2D eigenvalue weighted by Gasteiger charge is 2.36. The maximum atomic E-state index is 13.0. The van der Waals surface area contributed by atoms with E-state index in [1.54, 1.807) is 13.8 Å². The molecular formula is C21H29N3O4S. The molecule has 29 heavy (non-hydrogen) atoms. The molecule has 1 aromatic heterocycles. The number of aryl methyl sites for hydroxylation is 2. The lowest BCUT2D eigenvalue weighted by Gasteiger charge is -2.31. The van der Waals surface area contributed by atoms with E-state index in [4.69, 9.17) is 4.52 Å². The van der Waals surface area contributed by atoms with Crippen LogP contribution >= 0.6 is 0 Å². The van der Waals surface area contributed by atoms with Gasteiger partial charge in [0.2, 0.25) is 15.9 Å². The summed E-state index contributed by atoms with van der Waals surface area (Å²) in [5, 5.41) is 6.80. The lowest BCUT2D eigenvalue weighted by Crippen LogP contribution is -2.46. The molecule has 0 spiro atoms. The first kappa shape index (κ1) is 21.5. The second-order valence-electron chi connectivity index (χ2n) is 7.62. The molecule has 1 saturated heterocycles. The SMILES string of the molecule is CC[C@H](CNC(=O)[C@@H]1CCCN(S(=O)(=O)c2c(C)noc2C)C1)c1ccccc1. The lowest BCUT2D eigenvalue weighted by molar-refractivity contribution is -0.126. The van der Waals surface area contributed by atoms with Crippen LogP contribution in [0.1, 0.15) is 49.1 Å². The predicted molar refractivity (Wildman–Crippen MR) is 110 cm³/mol. The average Bonchev–Trinajstić information content (AvgIpc) is 3.08. The van der Waals surface area contributed by atoms with Crippen molar-refractivity contribution in [1.82, 2.24) is 14.8 Å². The molecule has 158 valence electrons. The van der Waals surface area contributed by atoms with Crippen molar-refractivity contribution < 1.29 is 17.7 Å².